The van der Waals surface area contributed by atoms with Crippen LogP contribution in [0, 0.1) is 11.8 Å². The Balaban J connectivity index is 1.58. The summed E-state index contributed by atoms with van der Waals surface area (Å²) >= 11 is 7.02. The minimum atomic E-state index is -3.54. The van der Waals surface area contributed by atoms with E-state index in [1.165, 1.54) is 11.1 Å². The minimum Gasteiger partial charge on any atom is -0.392 e. The number of rotatable bonds is 5. The van der Waals surface area contributed by atoms with Crippen molar-refractivity contribution in [2.75, 3.05) is 6.61 Å². The number of aliphatic hydroxyl groups excluding tert-OH is 1. The SMILES string of the molecule is O=S(=O)(NC1C2CCC1Cc1cc(/C=C/CO)ccc1C2)c1ccc(Cl)s1. The molecule has 2 aromatic rings. The monoisotopic (exact) mass is 423 g/mol. The summed E-state index contributed by atoms with van der Waals surface area (Å²) in [6.45, 7) is 0.0262. The van der Waals surface area contributed by atoms with Gasteiger partial charge in [-0.3, -0.25) is 0 Å². The second kappa shape index (κ2) is 7.68. The first kappa shape index (κ1) is 19.2. The van der Waals surface area contributed by atoms with Gasteiger partial charge < -0.3 is 5.11 Å². The number of nitrogens with one attached hydrogen (secondary N) is 1. The third-order valence-corrected chi connectivity index (χ3v) is 8.82. The predicted molar refractivity (Wildman–Crippen MR) is 110 cm³/mol. The fourth-order valence-corrected chi connectivity index (χ4v) is 7.27. The van der Waals surface area contributed by atoms with E-state index >= 15 is 0 Å². The fourth-order valence-electron chi connectivity index (χ4n) is 4.39. The van der Waals surface area contributed by atoms with Crippen molar-refractivity contribution >= 4 is 39.0 Å². The standard InChI is InChI=1S/C20H22ClNO3S2/c21-18-7-8-19(26-18)27(24,25)22-20-15-5-6-16(20)12-17-10-13(2-1-9-23)3-4-14(17)11-15/h1-4,7-8,10,15-16,20,22-23H,5-6,9,11-12H2/b2-1+. The summed E-state index contributed by atoms with van der Waals surface area (Å²) < 4.78 is 29.3. The maximum absolute atomic E-state index is 12.8. The molecule has 0 saturated heterocycles. The van der Waals surface area contributed by atoms with Crippen LogP contribution in [0.25, 0.3) is 6.08 Å². The zero-order valence-corrected chi connectivity index (χ0v) is 17.2. The molecule has 1 heterocycles. The Hall–Kier alpha value is -1.18. The Morgan fingerprint density at radius 2 is 1.89 bits per heavy atom. The number of thiophene rings is 1. The lowest BCUT2D eigenvalue weighted by Crippen LogP contribution is -2.41. The number of hydrogen-bond donors (Lipinski definition) is 2. The molecule has 3 atom stereocenters. The van der Waals surface area contributed by atoms with Crippen molar-refractivity contribution in [2.24, 2.45) is 11.8 Å². The minimum absolute atomic E-state index is 0.0262. The van der Waals surface area contributed by atoms with E-state index in [4.69, 9.17) is 16.7 Å². The Bertz CT molecular complexity index is 967. The molecule has 2 aliphatic rings. The first-order valence-corrected chi connectivity index (χ1v) is 11.8. The van der Waals surface area contributed by atoms with Crippen LogP contribution in [0.2, 0.25) is 4.34 Å². The number of hydrogen-bond acceptors (Lipinski definition) is 4. The topological polar surface area (TPSA) is 66.4 Å². The molecule has 27 heavy (non-hydrogen) atoms. The number of fused-ring (bicyclic) bond motifs is 3. The smallest absolute Gasteiger partial charge is 0.250 e. The summed E-state index contributed by atoms with van der Waals surface area (Å²) in [4.78, 5) is 0. The molecule has 2 bridgehead atoms. The lowest BCUT2D eigenvalue weighted by Gasteiger charge is -2.23. The number of benzene rings is 1. The number of sulfonamides is 1. The molecule has 1 aromatic carbocycles. The third kappa shape index (κ3) is 4.00. The molecule has 0 spiro atoms. The Morgan fingerprint density at radius 3 is 2.56 bits per heavy atom. The molecule has 2 N–H and O–H groups in total. The largest absolute Gasteiger partial charge is 0.392 e. The van der Waals surface area contributed by atoms with E-state index in [0.717, 1.165) is 42.6 Å². The number of aliphatic hydroxyl groups is 1. The van der Waals surface area contributed by atoms with Crippen LogP contribution >= 0.6 is 22.9 Å². The molecule has 0 aliphatic heterocycles. The molecule has 1 aromatic heterocycles. The highest BCUT2D eigenvalue weighted by Crippen LogP contribution is 2.41. The Kier molecular flexibility index (Phi) is 5.45. The molecule has 1 fully saturated rings. The lowest BCUT2D eigenvalue weighted by molar-refractivity contribution is 0.343. The molecule has 0 amide bonds. The van der Waals surface area contributed by atoms with Gasteiger partial charge in [-0.25, -0.2) is 13.1 Å². The quantitative estimate of drug-likeness (QED) is 0.766. The highest BCUT2D eigenvalue weighted by Gasteiger charge is 2.41. The highest BCUT2D eigenvalue weighted by molar-refractivity contribution is 7.91. The van der Waals surface area contributed by atoms with E-state index in [1.54, 1.807) is 18.2 Å². The summed E-state index contributed by atoms with van der Waals surface area (Å²) in [5.41, 5.74) is 3.68. The van der Waals surface area contributed by atoms with Crippen LogP contribution in [0.5, 0.6) is 0 Å². The van der Waals surface area contributed by atoms with Gasteiger partial charge in [-0.05, 0) is 66.3 Å². The first-order valence-electron chi connectivity index (χ1n) is 9.13. The zero-order chi connectivity index (χ0) is 19.0. The van der Waals surface area contributed by atoms with Crippen LogP contribution in [0.3, 0.4) is 0 Å². The van der Waals surface area contributed by atoms with E-state index in [0.29, 0.717) is 16.2 Å². The van der Waals surface area contributed by atoms with Crippen LogP contribution in [-0.4, -0.2) is 26.2 Å². The van der Waals surface area contributed by atoms with Crippen molar-refractivity contribution < 1.29 is 13.5 Å². The van der Waals surface area contributed by atoms with Gasteiger partial charge in [0.15, 0.2) is 0 Å². The van der Waals surface area contributed by atoms with Gasteiger partial charge in [0.05, 0.1) is 10.9 Å². The molecule has 7 heteroatoms. The molecule has 1 saturated carbocycles. The van der Waals surface area contributed by atoms with Crippen molar-refractivity contribution in [1.82, 2.24) is 4.72 Å². The fraction of sp³-hybridized carbons (Fsp3) is 0.400. The maximum atomic E-state index is 12.8. The van der Waals surface area contributed by atoms with Gasteiger partial charge in [-0.15, -0.1) is 11.3 Å². The molecule has 4 nitrogen and oxygen atoms in total. The van der Waals surface area contributed by atoms with Gasteiger partial charge in [0.1, 0.15) is 4.21 Å². The van der Waals surface area contributed by atoms with Crippen LogP contribution in [-0.2, 0) is 22.9 Å². The Morgan fingerprint density at radius 1 is 1.15 bits per heavy atom. The van der Waals surface area contributed by atoms with Crippen LogP contribution in [0.4, 0.5) is 0 Å². The Labute approximate surface area is 168 Å². The van der Waals surface area contributed by atoms with Crippen molar-refractivity contribution in [3.05, 3.63) is 57.4 Å². The summed E-state index contributed by atoms with van der Waals surface area (Å²) in [6, 6.07) is 9.54. The third-order valence-electron chi connectivity index (χ3n) is 5.64. The predicted octanol–water partition coefficient (Wildman–Crippen LogP) is 3.88. The zero-order valence-electron chi connectivity index (χ0n) is 14.8. The molecule has 3 unspecified atom stereocenters. The molecule has 4 rings (SSSR count). The highest BCUT2D eigenvalue weighted by atomic mass is 35.5. The summed E-state index contributed by atoms with van der Waals surface area (Å²) in [7, 11) is -3.54. The molecular weight excluding hydrogens is 402 g/mol. The molecule has 2 aliphatic carbocycles. The summed E-state index contributed by atoms with van der Waals surface area (Å²) in [5, 5.41) is 8.98. The van der Waals surface area contributed by atoms with E-state index in [9.17, 15) is 8.42 Å². The van der Waals surface area contributed by atoms with Gasteiger partial charge in [0, 0.05) is 6.04 Å². The normalized spacial score (nSPS) is 24.9. The van der Waals surface area contributed by atoms with Crippen molar-refractivity contribution in [1.29, 1.82) is 0 Å². The number of halogens is 1. The van der Waals surface area contributed by atoms with E-state index < -0.39 is 10.0 Å². The van der Waals surface area contributed by atoms with Crippen molar-refractivity contribution in [3.8, 4) is 0 Å². The van der Waals surface area contributed by atoms with Gasteiger partial charge >= 0.3 is 0 Å². The van der Waals surface area contributed by atoms with Crippen LogP contribution in [0.1, 0.15) is 29.5 Å². The maximum Gasteiger partial charge on any atom is 0.250 e. The van der Waals surface area contributed by atoms with Gasteiger partial charge in [-0.2, -0.15) is 0 Å². The summed E-state index contributed by atoms with van der Waals surface area (Å²) in [5.74, 6) is 0.624. The van der Waals surface area contributed by atoms with E-state index in [-0.39, 0.29) is 16.9 Å². The molecule has 0 radical (unpaired) electrons. The van der Waals surface area contributed by atoms with Gasteiger partial charge in [-0.1, -0.05) is 42.0 Å². The summed E-state index contributed by atoms with van der Waals surface area (Å²) in [6.07, 6.45) is 7.52. The first-order chi connectivity index (χ1) is 13.0. The van der Waals surface area contributed by atoms with Crippen LogP contribution in [0.15, 0.2) is 40.6 Å². The second-order valence-electron chi connectivity index (χ2n) is 7.32. The second-order valence-corrected chi connectivity index (χ2v) is 11.0. The molecular formula is C20H22ClNO3S2. The van der Waals surface area contributed by atoms with E-state index in [1.807, 2.05) is 6.08 Å². The van der Waals surface area contributed by atoms with Crippen LogP contribution < -0.4 is 4.72 Å². The average Bonchev–Trinajstić information content (AvgIpc) is 3.17. The van der Waals surface area contributed by atoms with Gasteiger partial charge in [0.25, 0.3) is 0 Å². The lowest BCUT2D eigenvalue weighted by atomic mass is 9.92. The van der Waals surface area contributed by atoms with Crippen molar-refractivity contribution in [3.63, 3.8) is 0 Å². The average molecular weight is 424 g/mol. The van der Waals surface area contributed by atoms with E-state index in [2.05, 4.69) is 22.9 Å². The van der Waals surface area contributed by atoms with Gasteiger partial charge in [0.2, 0.25) is 10.0 Å². The van der Waals surface area contributed by atoms with Crippen molar-refractivity contribution in [2.45, 2.75) is 35.9 Å². The molecule has 144 valence electrons.